The normalized spacial score (nSPS) is 9.68. The zero-order chi connectivity index (χ0) is 19.1. The standard InChI is InChI=1S/C9H19NO2.C9H6O2.CH5N/c1-4-10(5-2)8-6-7-9(11)12-3;10-9-6-5-7-3-1-2-4-8(7)11-9;1-2/h4-8H2,1-3H3;1-6H;2H2,1H3. The van der Waals surface area contributed by atoms with Gasteiger partial charge in [0, 0.05) is 17.9 Å². The van der Waals surface area contributed by atoms with Crippen LogP contribution in [0.3, 0.4) is 0 Å². The van der Waals surface area contributed by atoms with Gasteiger partial charge in [0.05, 0.1) is 7.11 Å². The second-order valence-corrected chi connectivity index (χ2v) is 5.00. The number of hydrogen-bond acceptors (Lipinski definition) is 6. The van der Waals surface area contributed by atoms with E-state index in [1.807, 2.05) is 18.2 Å². The van der Waals surface area contributed by atoms with E-state index in [4.69, 9.17) is 4.42 Å². The predicted molar refractivity (Wildman–Crippen MR) is 102 cm³/mol. The number of nitrogens with two attached hydrogens (primary N) is 1. The maximum atomic E-state index is 10.7. The van der Waals surface area contributed by atoms with Crippen molar-refractivity contribution in [3.63, 3.8) is 0 Å². The van der Waals surface area contributed by atoms with Crippen molar-refractivity contribution in [3.05, 3.63) is 46.8 Å². The average Bonchev–Trinajstić information content (AvgIpc) is 2.67. The van der Waals surface area contributed by atoms with Gasteiger partial charge in [-0.2, -0.15) is 0 Å². The van der Waals surface area contributed by atoms with Crippen molar-refractivity contribution in [2.75, 3.05) is 33.8 Å². The smallest absolute Gasteiger partial charge is 0.336 e. The molecule has 0 spiro atoms. The number of benzene rings is 1. The highest BCUT2D eigenvalue weighted by Gasteiger charge is 2.02. The molecule has 25 heavy (non-hydrogen) atoms. The molecule has 2 aromatic rings. The molecule has 6 heteroatoms. The molecule has 0 radical (unpaired) electrons. The number of esters is 1. The molecule has 0 fully saturated rings. The van der Waals surface area contributed by atoms with E-state index in [2.05, 4.69) is 29.2 Å². The van der Waals surface area contributed by atoms with Gasteiger partial charge < -0.3 is 19.8 Å². The Bertz CT molecular complexity index is 651. The SMILES string of the molecule is CCN(CC)CCCC(=O)OC.CN.O=c1ccc2ccccc2o1. The molecule has 0 bridgehead atoms. The molecule has 0 atom stereocenters. The third kappa shape index (κ3) is 9.64. The number of fused-ring (bicyclic) bond motifs is 1. The zero-order valence-corrected chi connectivity index (χ0v) is 15.7. The van der Waals surface area contributed by atoms with Crippen LogP contribution in [0.15, 0.2) is 45.6 Å². The van der Waals surface area contributed by atoms with Crippen LogP contribution in [-0.2, 0) is 9.53 Å². The fraction of sp³-hybridized carbons (Fsp3) is 0.474. The van der Waals surface area contributed by atoms with Gasteiger partial charge >= 0.3 is 11.6 Å². The molecule has 6 nitrogen and oxygen atoms in total. The summed E-state index contributed by atoms with van der Waals surface area (Å²) in [4.78, 5) is 23.7. The van der Waals surface area contributed by atoms with E-state index in [-0.39, 0.29) is 11.6 Å². The number of methoxy groups -OCH3 is 1. The Labute approximate surface area is 149 Å². The van der Waals surface area contributed by atoms with Gasteiger partial charge in [-0.05, 0) is 45.2 Å². The molecule has 0 aliphatic heterocycles. The third-order valence-electron chi connectivity index (χ3n) is 3.51. The summed E-state index contributed by atoms with van der Waals surface area (Å²) in [5.41, 5.74) is 4.84. The minimum absolute atomic E-state index is 0.109. The van der Waals surface area contributed by atoms with Crippen LogP contribution in [0.25, 0.3) is 11.0 Å². The number of carbonyl (C=O) groups is 1. The molecule has 0 amide bonds. The molecule has 0 aliphatic rings. The predicted octanol–water partition coefficient (Wildman–Crippen LogP) is 2.65. The van der Waals surface area contributed by atoms with E-state index in [9.17, 15) is 9.59 Å². The molecule has 0 saturated heterocycles. The van der Waals surface area contributed by atoms with Gasteiger partial charge in [0.15, 0.2) is 0 Å². The first-order valence-electron chi connectivity index (χ1n) is 8.46. The van der Waals surface area contributed by atoms with Crippen molar-refractivity contribution >= 4 is 16.9 Å². The number of hydrogen-bond donors (Lipinski definition) is 1. The van der Waals surface area contributed by atoms with E-state index in [0.29, 0.717) is 12.0 Å². The largest absolute Gasteiger partial charge is 0.469 e. The summed E-state index contributed by atoms with van der Waals surface area (Å²) in [6.07, 6.45) is 1.43. The molecular formula is C19H30N2O4. The quantitative estimate of drug-likeness (QED) is 0.637. The summed E-state index contributed by atoms with van der Waals surface area (Å²) in [6.45, 7) is 7.35. The molecule has 140 valence electrons. The van der Waals surface area contributed by atoms with Crippen LogP contribution >= 0.6 is 0 Å². The Kier molecular flexibility index (Phi) is 13.0. The monoisotopic (exact) mass is 350 g/mol. The zero-order valence-electron chi connectivity index (χ0n) is 15.7. The highest BCUT2D eigenvalue weighted by atomic mass is 16.5. The Morgan fingerprint density at radius 1 is 1.12 bits per heavy atom. The molecule has 0 saturated carbocycles. The molecule has 1 aromatic heterocycles. The Morgan fingerprint density at radius 3 is 2.36 bits per heavy atom. The highest BCUT2D eigenvalue weighted by Crippen LogP contribution is 2.08. The van der Waals surface area contributed by atoms with E-state index in [1.165, 1.54) is 20.2 Å². The van der Waals surface area contributed by atoms with Crippen LogP contribution in [0.4, 0.5) is 0 Å². The fourth-order valence-corrected chi connectivity index (χ4v) is 2.10. The number of ether oxygens (including phenoxy) is 1. The average molecular weight is 350 g/mol. The number of rotatable bonds is 6. The summed E-state index contributed by atoms with van der Waals surface area (Å²) >= 11 is 0. The third-order valence-corrected chi connectivity index (χ3v) is 3.51. The molecular weight excluding hydrogens is 320 g/mol. The van der Waals surface area contributed by atoms with Crippen LogP contribution in [0.1, 0.15) is 26.7 Å². The topological polar surface area (TPSA) is 85.8 Å². The van der Waals surface area contributed by atoms with Crippen LogP contribution < -0.4 is 11.4 Å². The van der Waals surface area contributed by atoms with Crippen molar-refractivity contribution in [2.45, 2.75) is 26.7 Å². The minimum atomic E-state index is -0.302. The maximum Gasteiger partial charge on any atom is 0.336 e. The number of carbonyl (C=O) groups excluding carboxylic acids is 1. The lowest BCUT2D eigenvalue weighted by Crippen LogP contribution is -2.24. The van der Waals surface area contributed by atoms with E-state index >= 15 is 0 Å². The molecule has 1 aromatic carbocycles. The summed E-state index contributed by atoms with van der Waals surface area (Å²) in [5.74, 6) is -0.109. The second-order valence-electron chi connectivity index (χ2n) is 5.00. The second kappa shape index (κ2) is 14.2. The van der Waals surface area contributed by atoms with Gasteiger partial charge in [-0.3, -0.25) is 4.79 Å². The van der Waals surface area contributed by atoms with Gasteiger partial charge in [-0.1, -0.05) is 32.0 Å². The summed E-state index contributed by atoms with van der Waals surface area (Å²) < 4.78 is 9.45. The van der Waals surface area contributed by atoms with Crippen molar-refractivity contribution in [1.29, 1.82) is 0 Å². The Morgan fingerprint density at radius 2 is 1.76 bits per heavy atom. The van der Waals surface area contributed by atoms with Crippen molar-refractivity contribution < 1.29 is 13.9 Å². The molecule has 0 unspecified atom stereocenters. The van der Waals surface area contributed by atoms with Gasteiger partial charge in [-0.15, -0.1) is 0 Å². The molecule has 2 rings (SSSR count). The fourth-order valence-electron chi connectivity index (χ4n) is 2.10. The van der Waals surface area contributed by atoms with E-state index in [1.54, 1.807) is 12.1 Å². The number of nitrogens with zero attached hydrogens (tertiary/aromatic N) is 1. The van der Waals surface area contributed by atoms with Gasteiger partial charge in [-0.25, -0.2) is 4.79 Å². The van der Waals surface area contributed by atoms with Crippen molar-refractivity contribution in [3.8, 4) is 0 Å². The molecule has 0 aliphatic carbocycles. The van der Waals surface area contributed by atoms with Crippen LogP contribution in [0.2, 0.25) is 0 Å². The van der Waals surface area contributed by atoms with Crippen molar-refractivity contribution in [2.24, 2.45) is 5.73 Å². The first-order valence-corrected chi connectivity index (χ1v) is 8.46. The summed E-state index contributed by atoms with van der Waals surface area (Å²) in [5, 5.41) is 0.951. The van der Waals surface area contributed by atoms with Gasteiger partial charge in [0.25, 0.3) is 0 Å². The lowest BCUT2D eigenvalue weighted by molar-refractivity contribution is -0.140. The molecule has 1 heterocycles. The summed E-state index contributed by atoms with van der Waals surface area (Å²) in [6, 6.07) is 10.6. The van der Waals surface area contributed by atoms with Crippen LogP contribution in [0, 0.1) is 0 Å². The van der Waals surface area contributed by atoms with Crippen LogP contribution in [0.5, 0.6) is 0 Å². The Balaban J connectivity index is 0.000000419. The van der Waals surface area contributed by atoms with Gasteiger partial charge in [0.1, 0.15) is 5.58 Å². The lowest BCUT2D eigenvalue weighted by Gasteiger charge is -2.16. The first kappa shape index (κ1) is 22.8. The number of para-hydroxylation sites is 1. The Hall–Kier alpha value is -2.18. The maximum absolute atomic E-state index is 10.7. The van der Waals surface area contributed by atoms with Crippen LogP contribution in [-0.4, -0.2) is 44.7 Å². The minimum Gasteiger partial charge on any atom is -0.469 e. The summed E-state index contributed by atoms with van der Waals surface area (Å²) in [7, 11) is 2.93. The van der Waals surface area contributed by atoms with E-state index < -0.39 is 0 Å². The highest BCUT2D eigenvalue weighted by molar-refractivity contribution is 5.75. The van der Waals surface area contributed by atoms with Gasteiger partial charge in [0.2, 0.25) is 0 Å². The van der Waals surface area contributed by atoms with Crippen molar-refractivity contribution in [1.82, 2.24) is 4.90 Å². The lowest BCUT2D eigenvalue weighted by atomic mass is 10.2. The first-order chi connectivity index (χ1) is 12.1. The van der Waals surface area contributed by atoms with E-state index in [0.717, 1.165) is 31.4 Å². The molecule has 2 N–H and O–H groups in total.